The van der Waals surface area contributed by atoms with Gasteiger partial charge in [0.15, 0.2) is 10.2 Å². The summed E-state index contributed by atoms with van der Waals surface area (Å²) in [6.07, 6.45) is -0.444. The molecule has 1 heterocycles. The number of carbonyl (C=O) groups is 1. The number of benzene rings is 1. The zero-order valence-electron chi connectivity index (χ0n) is 15.4. The third-order valence-corrected chi connectivity index (χ3v) is 4.15. The molecule has 26 heavy (non-hydrogen) atoms. The minimum absolute atomic E-state index is 0.406. The van der Waals surface area contributed by atoms with Gasteiger partial charge < -0.3 is 20.7 Å². The summed E-state index contributed by atoms with van der Waals surface area (Å²) in [6.45, 7) is 8.42. The molecular formula is C18H24N4O2S2. The highest BCUT2D eigenvalue weighted by Gasteiger charge is 2.15. The maximum absolute atomic E-state index is 11.5. The number of rotatable bonds is 5. The monoisotopic (exact) mass is 392 g/mol. The average Bonchev–Trinajstić information content (AvgIpc) is 2.99. The largest absolute Gasteiger partial charge is 0.444 e. The van der Waals surface area contributed by atoms with E-state index in [2.05, 4.69) is 40.0 Å². The van der Waals surface area contributed by atoms with Crippen molar-refractivity contribution in [3.05, 3.63) is 35.2 Å². The van der Waals surface area contributed by atoms with Crippen molar-refractivity contribution in [2.24, 2.45) is 0 Å². The van der Waals surface area contributed by atoms with Gasteiger partial charge in [0.25, 0.3) is 0 Å². The van der Waals surface area contributed by atoms with Crippen LogP contribution in [-0.4, -0.2) is 34.9 Å². The topological polar surface area (TPSA) is 75.3 Å². The molecule has 0 aliphatic carbocycles. The highest BCUT2D eigenvalue weighted by atomic mass is 32.1. The highest BCUT2D eigenvalue weighted by molar-refractivity contribution is 7.80. The van der Waals surface area contributed by atoms with Crippen LogP contribution in [0.1, 0.15) is 26.3 Å². The number of thiocarbonyl (C=S) groups is 1. The number of nitrogens with zero attached hydrogens (tertiary/aromatic N) is 1. The maximum Gasteiger partial charge on any atom is 0.407 e. The van der Waals surface area contributed by atoms with Crippen molar-refractivity contribution in [1.82, 2.24) is 15.6 Å². The van der Waals surface area contributed by atoms with Gasteiger partial charge in [-0.15, -0.1) is 11.3 Å². The molecule has 2 rings (SSSR count). The zero-order valence-corrected chi connectivity index (χ0v) is 17.0. The van der Waals surface area contributed by atoms with E-state index in [1.807, 2.05) is 38.3 Å². The van der Waals surface area contributed by atoms with E-state index in [1.54, 1.807) is 0 Å². The fourth-order valence-electron chi connectivity index (χ4n) is 1.98. The first-order chi connectivity index (χ1) is 12.2. The van der Waals surface area contributed by atoms with Crippen molar-refractivity contribution in [2.45, 2.75) is 33.3 Å². The van der Waals surface area contributed by atoms with Crippen LogP contribution in [0, 0.1) is 6.92 Å². The number of hydrogen-bond acceptors (Lipinski definition) is 5. The molecule has 0 aliphatic rings. The molecule has 140 valence electrons. The van der Waals surface area contributed by atoms with Crippen molar-refractivity contribution in [3.8, 4) is 11.3 Å². The minimum atomic E-state index is -0.506. The third-order valence-electron chi connectivity index (χ3n) is 3.15. The fourth-order valence-corrected chi connectivity index (χ4v) is 2.97. The van der Waals surface area contributed by atoms with Crippen molar-refractivity contribution < 1.29 is 9.53 Å². The lowest BCUT2D eigenvalue weighted by Crippen LogP contribution is -2.39. The summed E-state index contributed by atoms with van der Waals surface area (Å²) in [7, 11) is 0. The number of aromatic nitrogens is 1. The Hall–Kier alpha value is -2.19. The smallest absolute Gasteiger partial charge is 0.407 e. The van der Waals surface area contributed by atoms with Gasteiger partial charge in [0, 0.05) is 24.0 Å². The third kappa shape index (κ3) is 6.97. The zero-order chi connectivity index (χ0) is 19.2. The molecule has 3 N–H and O–H groups in total. The van der Waals surface area contributed by atoms with Gasteiger partial charge in [-0.05, 0) is 39.9 Å². The summed E-state index contributed by atoms with van der Waals surface area (Å²) in [5, 5.41) is 11.9. The van der Waals surface area contributed by atoms with Crippen LogP contribution in [0.15, 0.2) is 29.6 Å². The van der Waals surface area contributed by atoms with Crippen LogP contribution in [0.3, 0.4) is 0 Å². The number of ether oxygens (including phenoxy) is 1. The fraction of sp³-hybridized carbons (Fsp3) is 0.389. The lowest BCUT2D eigenvalue weighted by Gasteiger charge is -2.19. The van der Waals surface area contributed by atoms with E-state index in [9.17, 15) is 4.79 Å². The minimum Gasteiger partial charge on any atom is -0.444 e. The summed E-state index contributed by atoms with van der Waals surface area (Å²) < 4.78 is 5.16. The Balaban J connectivity index is 1.73. The molecule has 0 atom stereocenters. The molecule has 1 amide bonds. The summed E-state index contributed by atoms with van der Waals surface area (Å²) in [6, 6.07) is 8.22. The Labute approximate surface area is 163 Å². The second kappa shape index (κ2) is 8.95. The molecule has 1 aromatic carbocycles. The number of alkyl carbamates (subject to hydrolysis) is 1. The van der Waals surface area contributed by atoms with Crippen molar-refractivity contribution in [1.29, 1.82) is 0 Å². The van der Waals surface area contributed by atoms with Crippen molar-refractivity contribution in [2.75, 3.05) is 18.4 Å². The van der Waals surface area contributed by atoms with Gasteiger partial charge in [-0.3, -0.25) is 0 Å². The highest BCUT2D eigenvalue weighted by Crippen LogP contribution is 2.24. The Morgan fingerprint density at radius 3 is 2.50 bits per heavy atom. The summed E-state index contributed by atoms with van der Waals surface area (Å²) >= 11 is 6.73. The van der Waals surface area contributed by atoms with Crippen LogP contribution in [0.2, 0.25) is 0 Å². The molecule has 0 saturated heterocycles. The van der Waals surface area contributed by atoms with E-state index in [0.29, 0.717) is 18.2 Å². The van der Waals surface area contributed by atoms with Crippen molar-refractivity contribution >= 4 is 39.9 Å². The molecule has 1 aromatic heterocycles. The Morgan fingerprint density at radius 1 is 1.19 bits per heavy atom. The van der Waals surface area contributed by atoms with Crippen LogP contribution in [-0.2, 0) is 4.74 Å². The summed E-state index contributed by atoms with van der Waals surface area (Å²) in [4.78, 5) is 16.1. The van der Waals surface area contributed by atoms with E-state index < -0.39 is 11.7 Å². The second-order valence-corrected chi connectivity index (χ2v) is 7.98. The molecule has 0 radical (unpaired) electrons. The number of amides is 1. The van der Waals surface area contributed by atoms with Crippen LogP contribution >= 0.6 is 23.6 Å². The first-order valence-electron chi connectivity index (χ1n) is 8.27. The van der Waals surface area contributed by atoms with E-state index in [-0.39, 0.29) is 0 Å². The van der Waals surface area contributed by atoms with E-state index in [4.69, 9.17) is 17.0 Å². The molecule has 0 spiro atoms. The van der Waals surface area contributed by atoms with Gasteiger partial charge in [-0.25, -0.2) is 9.78 Å². The quantitative estimate of drug-likeness (QED) is 0.529. The summed E-state index contributed by atoms with van der Waals surface area (Å²) in [5.41, 5.74) is 2.69. The van der Waals surface area contributed by atoms with Crippen LogP contribution < -0.4 is 16.0 Å². The normalized spacial score (nSPS) is 10.9. The van der Waals surface area contributed by atoms with E-state index in [0.717, 1.165) is 16.4 Å². The molecule has 6 nitrogen and oxygen atoms in total. The Bertz CT molecular complexity index is 751. The summed E-state index contributed by atoms with van der Waals surface area (Å²) in [5.74, 6) is 0. The molecule has 0 saturated carbocycles. The van der Waals surface area contributed by atoms with Crippen molar-refractivity contribution in [3.63, 3.8) is 0 Å². The molecule has 2 aromatic rings. The standard InChI is InChI=1S/C18H24N4O2S2/c1-12-5-7-13(8-6-12)14-11-26-16(21-14)22-15(25)19-9-10-20-17(23)24-18(2,3)4/h5-8,11H,9-10H2,1-4H3,(H,20,23)(H2,19,21,22,25). The lowest BCUT2D eigenvalue weighted by molar-refractivity contribution is 0.0529. The number of nitrogens with one attached hydrogen (secondary N) is 3. The van der Waals surface area contributed by atoms with Crippen LogP contribution in [0.25, 0.3) is 11.3 Å². The van der Waals surface area contributed by atoms with E-state index in [1.165, 1.54) is 16.9 Å². The Kier molecular flexibility index (Phi) is 6.93. The number of aryl methyl sites for hydroxylation is 1. The molecule has 0 bridgehead atoms. The average molecular weight is 393 g/mol. The lowest BCUT2D eigenvalue weighted by atomic mass is 10.1. The molecular weight excluding hydrogens is 368 g/mol. The number of hydrogen-bond donors (Lipinski definition) is 3. The number of carbonyl (C=O) groups excluding carboxylic acids is 1. The maximum atomic E-state index is 11.5. The number of anilines is 1. The first-order valence-corrected chi connectivity index (χ1v) is 9.56. The SMILES string of the molecule is Cc1ccc(-c2csc(NC(=S)NCCNC(=O)OC(C)(C)C)n2)cc1. The van der Waals surface area contributed by atoms with Gasteiger partial charge in [0.1, 0.15) is 5.60 Å². The van der Waals surface area contributed by atoms with Gasteiger partial charge in [0.2, 0.25) is 0 Å². The van der Waals surface area contributed by atoms with E-state index >= 15 is 0 Å². The second-order valence-electron chi connectivity index (χ2n) is 6.71. The van der Waals surface area contributed by atoms with Gasteiger partial charge >= 0.3 is 6.09 Å². The molecule has 0 unspecified atom stereocenters. The first kappa shape index (κ1) is 20.1. The van der Waals surface area contributed by atoms with Gasteiger partial charge in [0.05, 0.1) is 5.69 Å². The predicted molar refractivity (Wildman–Crippen MR) is 111 cm³/mol. The molecule has 0 aliphatic heterocycles. The van der Waals surface area contributed by atoms with Crippen LogP contribution in [0.4, 0.5) is 9.93 Å². The molecule has 0 fully saturated rings. The van der Waals surface area contributed by atoms with Crippen LogP contribution in [0.5, 0.6) is 0 Å². The Morgan fingerprint density at radius 2 is 1.85 bits per heavy atom. The number of thiazole rings is 1. The van der Waals surface area contributed by atoms with Gasteiger partial charge in [-0.1, -0.05) is 29.8 Å². The predicted octanol–water partition coefficient (Wildman–Crippen LogP) is 3.93. The molecule has 8 heteroatoms. The van der Waals surface area contributed by atoms with Gasteiger partial charge in [-0.2, -0.15) is 0 Å².